The second-order valence-electron chi connectivity index (χ2n) is 8.44. The lowest BCUT2D eigenvalue weighted by Crippen LogP contribution is -2.46. The third-order valence-corrected chi connectivity index (χ3v) is 6.54. The number of carbonyl (C=O) groups is 2. The van der Waals surface area contributed by atoms with Gasteiger partial charge in [-0.15, -0.1) is 0 Å². The van der Waals surface area contributed by atoms with Gasteiger partial charge in [0.1, 0.15) is 11.6 Å². The molecule has 1 aromatic heterocycles. The fourth-order valence-corrected chi connectivity index (χ4v) is 4.95. The van der Waals surface area contributed by atoms with Gasteiger partial charge in [-0.2, -0.15) is 0 Å². The zero-order chi connectivity index (χ0) is 20.4. The number of aliphatic carboxylic acids is 1. The van der Waals surface area contributed by atoms with Crippen molar-refractivity contribution in [3.05, 3.63) is 24.0 Å². The number of hydrogen-bond donors (Lipinski definition) is 2. The molecule has 1 saturated heterocycles. The van der Waals surface area contributed by atoms with Gasteiger partial charge in [0, 0.05) is 37.9 Å². The van der Waals surface area contributed by atoms with Gasteiger partial charge in [-0.1, -0.05) is 12.8 Å². The van der Waals surface area contributed by atoms with E-state index in [4.69, 9.17) is 4.74 Å². The molecule has 29 heavy (non-hydrogen) atoms. The zero-order valence-corrected chi connectivity index (χ0v) is 16.9. The molecule has 2 unspecified atom stereocenters. The summed E-state index contributed by atoms with van der Waals surface area (Å²) in [4.78, 5) is 34.3. The molecule has 2 aromatic rings. The first-order valence-corrected chi connectivity index (χ1v) is 10.6. The summed E-state index contributed by atoms with van der Waals surface area (Å²) in [5.74, 6) is 1.40. The van der Waals surface area contributed by atoms with Crippen molar-refractivity contribution in [1.82, 2.24) is 14.9 Å². The SMILES string of the molecule is COc1ccc2nc(CC3CN(C(=O)C4CCCC4)CCC3CC(=O)O)[nH]c2c1. The Hall–Kier alpha value is -2.57. The number of carboxylic acids is 1. The van der Waals surface area contributed by atoms with Gasteiger partial charge in [0.2, 0.25) is 5.91 Å². The smallest absolute Gasteiger partial charge is 0.303 e. The predicted molar refractivity (Wildman–Crippen MR) is 109 cm³/mol. The van der Waals surface area contributed by atoms with Crippen LogP contribution in [-0.2, 0) is 16.0 Å². The number of H-pyrrole nitrogens is 1. The number of nitrogens with one attached hydrogen (secondary N) is 1. The second-order valence-corrected chi connectivity index (χ2v) is 8.44. The largest absolute Gasteiger partial charge is 0.497 e. The number of carboxylic acid groups (broad SMARTS) is 1. The number of imidazole rings is 1. The van der Waals surface area contributed by atoms with Crippen LogP contribution in [0.2, 0.25) is 0 Å². The van der Waals surface area contributed by atoms with Crippen LogP contribution >= 0.6 is 0 Å². The number of fused-ring (bicyclic) bond motifs is 1. The van der Waals surface area contributed by atoms with E-state index >= 15 is 0 Å². The van der Waals surface area contributed by atoms with E-state index in [1.165, 1.54) is 0 Å². The van der Waals surface area contributed by atoms with Crippen LogP contribution in [0.15, 0.2) is 18.2 Å². The monoisotopic (exact) mass is 399 g/mol. The van der Waals surface area contributed by atoms with E-state index in [1.807, 2.05) is 23.1 Å². The first kappa shape index (κ1) is 19.7. The van der Waals surface area contributed by atoms with Crippen LogP contribution < -0.4 is 4.74 Å². The van der Waals surface area contributed by atoms with Crippen molar-refractivity contribution in [3.63, 3.8) is 0 Å². The molecule has 2 N–H and O–H groups in total. The first-order valence-electron chi connectivity index (χ1n) is 10.6. The molecule has 0 radical (unpaired) electrons. The van der Waals surface area contributed by atoms with Gasteiger partial charge in [-0.3, -0.25) is 9.59 Å². The summed E-state index contributed by atoms with van der Waals surface area (Å²) >= 11 is 0. The minimum atomic E-state index is -0.773. The number of rotatable bonds is 6. The Morgan fingerprint density at radius 2 is 2.03 bits per heavy atom. The maximum Gasteiger partial charge on any atom is 0.303 e. The summed E-state index contributed by atoms with van der Waals surface area (Å²) in [6, 6.07) is 5.71. The Labute approximate surface area is 170 Å². The number of hydrogen-bond acceptors (Lipinski definition) is 4. The summed E-state index contributed by atoms with van der Waals surface area (Å²) in [5, 5.41) is 9.35. The van der Waals surface area contributed by atoms with Crippen LogP contribution in [0, 0.1) is 17.8 Å². The average molecular weight is 399 g/mol. The van der Waals surface area contributed by atoms with Crippen molar-refractivity contribution < 1.29 is 19.4 Å². The molecular weight excluding hydrogens is 370 g/mol. The molecule has 0 spiro atoms. The lowest BCUT2D eigenvalue weighted by molar-refractivity contribution is -0.141. The summed E-state index contributed by atoms with van der Waals surface area (Å²) in [6.45, 7) is 1.29. The van der Waals surface area contributed by atoms with Crippen molar-refractivity contribution in [3.8, 4) is 5.75 Å². The van der Waals surface area contributed by atoms with E-state index in [1.54, 1.807) is 7.11 Å². The minimum Gasteiger partial charge on any atom is -0.497 e. The molecule has 156 valence electrons. The highest BCUT2D eigenvalue weighted by Gasteiger charge is 2.36. The predicted octanol–water partition coefficient (Wildman–Crippen LogP) is 3.24. The second kappa shape index (κ2) is 8.43. The molecule has 1 aromatic carbocycles. The molecule has 1 aliphatic carbocycles. The van der Waals surface area contributed by atoms with Gasteiger partial charge in [0.15, 0.2) is 0 Å². The van der Waals surface area contributed by atoms with Crippen LogP contribution in [0.5, 0.6) is 5.75 Å². The van der Waals surface area contributed by atoms with E-state index in [-0.39, 0.29) is 30.1 Å². The minimum absolute atomic E-state index is 0.0582. The van der Waals surface area contributed by atoms with Crippen molar-refractivity contribution in [2.75, 3.05) is 20.2 Å². The third-order valence-electron chi connectivity index (χ3n) is 6.54. The van der Waals surface area contributed by atoms with Crippen molar-refractivity contribution in [2.24, 2.45) is 17.8 Å². The topological polar surface area (TPSA) is 95.5 Å². The van der Waals surface area contributed by atoms with Crippen molar-refractivity contribution in [2.45, 2.75) is 44.9 Å². The first-order chi connectivity index (χ1) is 14.0. The highest BCUT2D eigenvalue weighted by Crippen LogP contribution is 2.33. The zero-order valence-electron chi connectivity index (χ0n) is 16.9. The van der Waals surface area contributed by atoms with E-state index in [0.29, 0.717) is 19.5 Å². The number of amides is 1. The van der Waals surface area contributed by atoms with E-state index < -0.39 is 5.97 Å². The quantitative estimate of drug-likeness (QED) is 0.777. The summed E-state index contributed by atoms with van der Waals surface area (Å²) in [7, 11) is 1.63. The van der Waals surface area contributed by atoms with Gasteiger partial charge in [-0.25, -0.2) is 4.98 Å². The Morgan fingerprint density at radius 3 is 2.76 bits per heavy atom. The van der Waals surface area contributed by atoms with Crippen LogP contribution in [0.25, 0.3) is 11.0 Å². The van der Waals surface area contributed by atoms with E-state index in [9.17, 15) is 14.7 Å². The van der Waals surface area contributed by atoms with Crippen LogP contribution in [-0.4, -0.2) is 52.1 Å². The van der Waals surface area contributed by atoms with Crippen LogP contribution in [0.4, 0.5) is 0 Å². The van der Waals surface area contributed by atoms with Crippen LogP contribution in [0.1, 0.15) is 44.3 Å². The molecule has 7 nitrogen and oxygen atoms in total. The Morgan fingerprint density at radius 1 is 1.24 bits per heavy atom. The fraction of sp³-hybridized carbons (Fsp3) is 0.591. The molecule has 1 saturated carbocycles. The Balaban J connectivity index is 1.51. The summed E-state index contributed by atoms with van der Waals surface area (Å²) in [5.41, 5.74) is 1.77. The van der Waals surface area contributed by atoms with Gasteiger partial charge >= 0.3 is 5.97 Å². The van der Waals surface area contributed by atoms with Crippen molar-refractivity contribution >= 4 is 22.9 Å². The maximum atomic E-state index is 12.9. The fourth-order valence-electron chi connectivity index (χ4n) is 4.95. The molecule has 2 fully saturated rings. The standard InChI is InChI=1S/C22H29N3O4/c1-29-17-6-7-18-19(12-17)24-20(23-18)10-16-13-25(9-8-15(16)11-21(26)27)22(28)14-4-2-3-5-14/h6-7,12,14-16H,2-5,8-11,13H2,1H3,(H,23,24)(H,26,27). The molecule has 4 rings (SSSR count). The van der Waals surface area contributed by atoms with E-state index in [2.05, 4.69) is 9.97 Å². The number of aromatic amines is 1. The van der Waals surface area contributed by atoms with E-state index in [0.717, 1.165) is 54.7 Å². The van der Waals surface area contributed by atoms with Gasteiger partial charge in [0.05, 0.1) is 18.1 Å². The number of carbonyl (C=O) groups excluding carboxylic acids is 1. The number of methoxy groups -OCH3 is 1. The summed E-state index contributed by atoms with van der Waals surface area (Å²) < 4.78 is 5.27. The van der Waals surface area contributed by atoms with Gasteiger partial charge in [-0.05, 0) is 43.2 Å². The maximum absolute atomic E-state index is 12.9. The van der Waals surface area contributed by atoms with Gasteiger partial charge in [0.25, 0.3) is 0 Å². The number of ether oxygens (including phenoxy) is 1. The molecule has 7 heteroatoms. The molecular formula is C22H29N3O4. The average Bonchev–Trinajstić information content (AvgIpc) is 3.37. The lowest BCUT2D eigenvalue weighted by atomic mass is 9.80. The lowest BCUT2D eigenvalue weighted by Gasteiger charge is -2.39. The van der Waals surface area contributed by atoms with Crippen LogP contribution in [0.3, 0.4) is 0 Å². The third kappa shape index (κ3) is 4.38. The Kier molecular flexibility index (Phi) is 5.74. The number of benzene rings is 1. The summed E-state index contributed by atoms with van der Waals surface area (Å²) in [6.07, 6.45) is 5.78. The van der Waals surface area contributed by atoms with Gasteiger partial charge < -0.3 is 19.7 Å². The number of likely N-dealkylation sites (tertiary alicyclic amines) is 1. The molecule has 0 bridgehead atoms. The highest BCUT2D eigenvalue weighted by molar-refractivity contribution is 5.79. The number of nitrogens with zero attached hydrogens (tertiary/aromatic N) is 2. The number of aromatic nitrogens is 2. The molecule has 2 aliphatic rings. The Bertz CT molecular complexity index is 887. The molecule has 1 amide bonds. The normalized spacial score (nSPS) is 22.9. The number of piperidine rings is 1. The molecule has 1 aliphatic heterocycles. The molecule has 2 heterocycles. The van der Waals surface area contributed by atoms with Crippen molar-refractivity contribution in [1.29, 1.82) is 0 Å². The highest BCUT2D eigenvalue weighted by atomic mass is 16.5. The molecule has 2 atom stereocenters.